The van der Waals surface area contributed by atoms with E-state index in [2.05, 4.69) is 10.3 Å². The van der Waals surface area contributed by atoms with E-state index < -0.39 is 11.4 Å². The second-order valence-corrected chi connectivity index (χ2v) is 4.91. The molecule has 3 rings (SSSR count). The minimum atomic E-state index is -0.688. The number of nitrogens with one attached hydrogen (secondary N) is 2. The van der Waals surface area contributed by atoms with E-state index in [1.807, 2.05) is 30.0 Å². The fourth-order valence-corrected chi connectivity index (χ4v) is 2.66. The van der Waals surface area contributed by atoms with Gasteiger partial charge in [0.1, 0.15) is 0 Å². The van der Waals surface area contributed by atoms with E-state index in [0.717, 1.165) is 18.5 Å². The zero-order valence-electron chi connectivity index (χ0n) is 10.7. The van der Waals surface area contributed by atoms with Crippen LogP contribution < -0.4 is 15.8 Å². The summed E-state index contributed by atoms with van der Waals surface area (Å²) < 4.78 is 14.3. The molecule has 0 amide bonds. The number of H-pyrrole nitrogens is 1. The average Bonchev–Trinajstić information content (AvgIpc) is 2.42. The maximum atomic E-state index is 14.3. The normalized spacial score (nSPS) is 19.9. The number of halogens is 1. The molecule has 1 aromatic heterocycles. The topological polar surface area (TPSA) is 48.1 Å². The first-order chi connectivity index (χ1) is 9.18. The lowest BCUT2D eigenvalue weighted by atomic mass is 10.1. The first kappa shape index (κ1) is 12.2. The average molecular weight is 261 g/mol. The third-order valence-corrected chi connectivity index (χ3v) is 3.63. The second kappa shape index (κ2) is 4.66. The molecule has 0 bridgehead atoms. The van der Waals surface area contributed by atoms with Gasteiger partial charge in [0.05, 0.1) is 11.2 Å². The Labute approximate surface area is 110 Å². The fraction of sp³-hybridized carbons (Fsp3) is 0.357. The number of para-hydroxylation sites is 1. The van der Waals surface area contributed by atoms with Crippen LogP contribution in [-0.2, 0) is 0 Å². The minimum absolute atomic E-state index is 0.161. The van der Waals surface area contributed by atoms with Gasteiger partial charge in [-0.25, -0.2) is 0 Å². The number of fused-ring (bicyclic) bond motifs is 1. The molecule has 0 radical (unpaired) electrons. The SMILES string of the molecule is CC1CNCCN1c1c(F)c(=O)[nH]c2ccccc12. The molecule has 1 saturated heterocycles. The summed E-state index contributed by atoms with van der Waals surface area (Å²) in [6, 6.07) is 7.50. The number of piperazine rings is 1. The van der Waals surface area contributed by atoms with Crippen molar-refractivity contribution in [2.75, 3.05) is 24.5 Å². The third-order valence-electron chi connectivity index (χ3n) is 3.63. The molecule has 1 aliphatic heterocycles. The first-order valence-corrected chi connectivity index (χ1v) is 6.46. The van der Waals surface area contributed by atoms with E-state index in [0.29, 0.717) is 17.7 Å². The first-order valence-electron chi connectivity index (χ1n) is 6.46. The van der Waals surface area contributed by atoms with Gasteiger partial charge in [0, 0.05) is 31.1 Å². The molecule has 19 heavy (non-hydrogen) atoms. The van der Waals surface area contributed by atoms with Crippen LogP contribution >= 0.6 is 0 Å². The van der Waals surface area contributed by atoms with Crippen LogP contribution in [-0.4, -0.2) is 30.7 Å². The van der Waals surface area contributed by atoms with Crippen LogP contribution in [0.4, 0.5) is 10.1 Å². The molecule has 2 aromatic rings. The molecule has 4 nitrogen and oxygen atoms in total. The summed E-state index contributed by atoms with van der Waals surface area (Å²) in [6.45, 7) is 4.32. The van der Waals surface area contributed by atoms with Gasteiger partial charge in [-0.15, -0.1) is 0 Å². The summed E-state index contributed by atoms with van der Waals surface area (Å²) in [5, 5.41) is 4.02. The molecule has 1 fully saturated rings. The maximum Gasteiger partial charge on any atom is 0.286 e. The third kappa shape index (κ3) is 2.00. The van der Waals surface area contributed by atoms with E-state index in [1.54, 1.807) is 6.07 Å². The molecule has 100 valence electrons. The zero-order chi connectivity index (χ0) is 13.4. The number of pyridine rings is 1. The molecular formula is C14H16FN3O. The van der Waals surface area contributed by atoms with Crippen LogP contribution in [0.1, 0.15) is 6.92 Å². The number of rotatable bonds is 1. The monoisotopic (exact) mass is 261 g/mol. The minimum Gasteiger partial charge on any atom is -0.363 e. The van der Waals surface area contributed by atoms with Gasteiger partial charge in [-0.1, -0.05) is 18.2 Å². The van der Waals surface area contributed by atoms with E-state index >= 15 is 0 Å². The molecule has 1 atom stereocenters. The van der Waals surface area contributed by atoms with Gasteiger partial charge in [0.2, 0.25) is 5.82 Å². The van der Waals surface area contributed by atoms with E-state index in [-0.39, 0.29) is 6.04 Å². The van der Waals surface area contributed by atoms with Gasteiger partial charge in [-0.05, 0) is 13.0 Å². The highest BCUT2D eigenvalue weighted by Crippen LogP contribution is 2.28. The van der Waals surface area contributed by atoms with Crippen LogP contribution in [0, 0.1) is 5.82 Å². The highest BCUT2D eigenvalue weighted by atomic mass is 19.1. The molecule has 0 aliphatic carbocycles. The van der Waals surface area contributed by atoms with Gasteiger partial charge in [0.25, 0.3) is 5.56 Å². The summed E-state index contributed by atoms with van der Waals surface area (Å²) in [7, 11) is 0. The van der Waals surface area contributed by atoms with Gasteiger partial charge in [0.15, 0.2) is 0 Å². The van der Waals surface area contributed by atoms with Crippen molar-refractivity contribution in [2.24, 2.45) is 0 Å². The molecule has 2 N–H and O–H groups in total. The van der Waals surface area contributed by atoms with Crippen molar-refractivity contribution in [1.29, 1.82) is 0 Å². The van der Waals surface area contributed by atoms with Crippen LogP contribution in [0.25, 0.3) is 10.9 Å². The number of benzene rings is 1. The van der Waals surface area contributed by atoms with Crippen molar-refractivity contribution < 1.29 is 4.39 Å². The Bertz CT molecular complexity index is 667. The Hall–Kier alpha value is -1.88. The Morgan fingerprint density at radius 1 is 1.37 bits per heavy atom. The van der Waals surface area contributed by atoms with Crippen LogP contribution in [0.3, 0.4) is 0 Å². The lowest BCUT2D eigenvalue weighted by Crippen LogP contribution is -2.50. The largest absolute Gasteiger partial charge is 0.363 e. The smallest absolute Gasteiger partial charge is 0.286 e. The molecule has 5 heteroatoms. The molecule has 1 unspecified atom stereocenters. The molecule has 1 aromatic carbocycles. The van der Waals surface area contributed by atoms with Crippen molar-refractivity contribution in [1.82, 2.24) is 10.3 Å². The Morgan fingerprint density at radius 2 is 2.16 bits per heavy atom. The summed E-state index contributed by atoms with van der Waals surface area (Å²) >= 11 is 0. The number of aromatic nitrogens is 1. The van der Waals surface area contributed by atoms with Crippen LogP contribution in [0.5, 0.6) is 0 Å². The Kier molecular flexibility index (Phi) is 2.98. The second-order valence-electron chi connectivity index (χ2n) is 4.91. The maximum absolute atomic E-state index is 14.3. The van der Waals surface area contributed by atoms with E-state index in [4.69, 9.17) is 0 Å². The molecular weight excluding hydrogens is 245 g/mol. The molecule has 1 aliphatic rings. The summed E-state index contributed by atoms with van der Waals surface area (Å²) in [5.41, 5.74) is 0.447. The lowest BCUT2D eigenvalue weighted by Gasteiger charge is -2.36. The van der Waals surface area contributed by atoms with Crippen molar-refractivity contribution in [3.05, 3.63) is 40.4 Å². The number of nitrogens with zero attached hydrogens (tertiary/aromatic N) is 1. The summed E-state index contributed by atoms with van der Waals surface area (Å²) in [5.74, 6) is -0.688. The molecule has 0 saturated carbocycles. The van der Waals surface area contributed by atoms with Crippen molar-refractivity contribution >= 4 is 16.6 Å². The van der Waals surface area contributed by atoms with Crippen molar-refractivity contribution in [2.45, 2.75) is 13.0 Å². The zero-order valence-corrected chi connectivity index (χ0v) is 10.7. The number of anilines is 1. The van der Waals surface area contributed by atoms with Crippen molar-refractivity contribution in [3.63, 3.8) is 0 Å². The Morgan fingerprint density at radius 3 is 2.95 bits per heavy atom. The van der Waals surface area contributed by atoms with Crippen LogP contribution in [0.15, 0.2) is 29.1 Å². The molecule has 2 heterocycles. The Balaban J connectivity index is 2.26. The quantitative estimate of drug-likeness (QED) is 0.817. The fourth-order valence-electron chi connectivity index (χ4n) is 2.66. The van der Waals surface area contributed by atoms with Crippen molar-refractivity contribution in [3.8, 4) is 0 Å². The van der Waals surface area contributed by atoms with Crippen LogP contribution in [0.2, 0.25) is 0 Å². The predicted octanol–water partition coefficient (Wildman–Crippen LogP) is 1.47. The number of aromatic amines is 1. The summed E-state index contributed by atoms with van der Waals surface area (Å²) in [4.78, 5) is 16.3. The van der Waals surface area contributed by atoms with Gasteiger partial charge in [-0.2, -0.15) is 4.39 Å². The summed E-state index contributed by atoms with van der Waals surface area (Å²) in [6.07, 6.45) is 0. The van der Waals surface area contributed by atoms with Gasteiger partial charge >= 0.3 is 0 Å². The lowest BCUT2D eigenvalue weighted by molar-refractivity contribution is 0.490. The van der Waals surface area contributed by atoms with E-state index in [9.17, 15) is 9.18 Å². The standard InChI is InChI=1S/C14H16FN3O/c1-9-8-16-6-7-18(9)13-10-4-2-3-5-11(10)17-14(19)12(13)15/h2-5,9,16H,6-8H2,1H3,(H,17,19). The van der Waals surface area contributed by atoms with Gasteiger partial charge < -0.3 is 15.2 Å². The van der Waals surface area contributed by atoms with E-state index in [1.165, 1.54) is 0 Å². The van der Waals surface area contributed by atoms with Gasteiger partial charge in [-0.3, -0.25) is 4.79 Å². The predicted molar refractivity (Wildman–Crippen MR) is 74.2 cm³/mol. The highest BCUT2D eigenvalue weighted by molar-refractivity contribution is 5.92. The highest BCUT2D eigenvalue weighted by Gasteiger charge is 2.24. The molecule has 0 spiro atoms. The number of hydrogen-bond acceptors (Lipinski definition) is 3. The number of hydrogen-bond donors (Lipinski definition) is 2.